The van der Waals surface area contributed by atoms with Crippen LogP contribution in [0.5, 0.6) is 0 Å². The Hall–Kier alpha value is -1.96. The average molecular weight is 250 g/mol. The predicted molar refractivity (Wildman–Crippen MR) is 81.1 cm³/mol. The number of aryl methyl sites for hydroxylation is 1. The normalized spacial score (nSPS) is 15.7. The molecule has 4 rings (SSSR count). The van der Waals surface area contributed by atoms with Crippen LogP contribution in [0, 0.1) is 6.92 Å². The third-order valence-corrected chi connectivity index (χ3v) is 4.15. The third-order valence-electron chi connectivity index (χ3n) is 4.15. The molecule has 96 valence electrons. The lowest BCUT2D eigenvalue weighted by atomic mass is 10.2. The molecule has 2 aromatic heterocycles. The van der Waals surface area contributed by atoms with Gasteiger partial charge in [0.15, 0.2) is 0 Å². The number of benzene rings is 1. The fourth-order valence-corrected chi connectivity index (χ4v) is 3.25. The Morgan fingerprint density at radius 3 is 2.58 bits per heavy atom. The zero-order valence-electron chi connectivity index (χ0n) is 11.3. The van der Waals surface area contributed by atoms with E-state index in [1.165, 1.54) is 53.6 Å². The Labute approximate surface area is 113 Å². The number of rotatable bonds is 1. The Morgan fingerprint density at radius 2 is 1.74 bits per heavy atom. The highest BCUT2D eigenvalue weighted by Gasteiger charge is 2.16. The molecule has 0 amide bonds. The summed E-state index contributed by atoms with van der Waals surface area (Å²) in [7, 11) is 0. The summed E-state index contributed by atoms with van der Waals surface area (Å²) in [5, 5.41) is 1.33. The molecule has 0 bridgehead atoms. The van der Waals surface area contributed by atoms with Crippen molar-refractivity contribution in [2.45, 2.75) is 19.8 Å². The van der Waals surface area contributed by atoms with Crippen LogP contribution in [0.25, 0.3) is 16.4 Å². The minimum Gasteiger partial charge on any atom is -0.370 e. The quantitative estimate of drug-likeness (QED) is 0.633. The molecule has 3 aromatic rings. The molecule has 0 unspecified atom stereocenters. The van der Waals surface area contributed by atoms with Gasteiger partial charge in [0.1, 0.15) is 0 Å². The first kappa shape index (κ1) is 10.9. The van der Waals surface area contributed by atoms with Gasteiger partial charge in [-0.05, 0) is 43.5 Å². The summed E-state index contributed by atoms with van der Waals surface area (Å²) >= 11 is 0. The van der Waals surface area contributed by atoms with E-state index < -0.39 is 0 Å². The van der Waals surface area contributed by atoms with E-state index in [-0.39, 0.29) is 0 Å². The van der Waals surface area contributed by atoms with Crippen molar-refractivity contribution < 1.29 is 0 Å². The number of pyridine rings is 1. The molecular weight excluding hydrogens is 232 g/mol. The van der Waals surface area contributed by atoms with Gasteiger partial charge in [-0.15, -0.1) is 0 Å². The second-order valence-electron chi connectivity index (χ2n) is 5.56. The molecule has 2 heteroatoms. The van der Waals surface area contributed by atoms with E-state index in [0.717, 1.165) is 0 Å². The molecule has 0 aliphatic carbocycles. The Kier molecular flexibility index (Phi) is 2.31. The van der Waals surface area contributed by atoms with Crippen LogP contribution in [0.4, 0.5) is 5.69 Å². The number of hydrogen-bond acceptors (Lipinski definition) is 1. The zero-order chi connectivity index (χ0) is 12.8. The van der Waals surface area contributed by atoms with Gasteiger partial charge < -0.3 is 9.30 Å². The molecule has 1 aromatic carbocycles. The van der Waals surface area contributed by atoms with Crippen LogP contribution in [0.2, 0.25) is 0 Å². The van der Waals surface area contributed by atoms with E-state index in [1.807, 2.05) is 0 Å². The van der Waals surface area contributed by atoms with Crippen LogP contribution in [0.3, 0.4) is 0 Å². The Balaban J connectivity index is 2.06. The van der Waals surface area contributed by atoms with Crippen LogP contribution in [0.15, 0.2) is 42.6 Å². The predicted octanol–water partition coefficient (Wildman–Crippen LogP) is 4.00. The Morgan fingerprint density at radius 1 is 0.947 bits per heavy atom. The minimum atomic E-state index is 1.20. The van der Waals surface area contributed by atoms with Gasteiger partial charge in [0.05, 0.1) is 16.7 Å². The molecule has 2 nitrogen and oxygen atoms in total. The molecule has 19 heavy (non-hydrogen) atoms. The van der Waals surface area contributed by atoms with Crippen molar-refractivity contribution in [3.63, 3.8) is 0 Å². The van der Waals surface area contributed by atoms with Crippen molar-refractivity contribution in [2.24, 2.45) is 0 Å². The first-order valence-corrected chi connectivity index (χ1v) is 7.08. The van der Waals surface area contributed by atoms with Crippen LogP contribution >= 0.6 is 0 Å². The highest BCUT2D eigenvalue weighted by molar-refractivity contribution is 5.92. The standard InChI is InChI=1S/C17H18N2/c1-13-10-16(18-8-4-5-9-18)17-11-14-6-2-3-7-15(14)19(17)12-13/h2-3,6-7,10-12H,4-5,8-9H2,1H3. The second-order valence-corrected chi connectivity index (χ2v) is 5.56. The zero-order valence-corrected chi connectivity index (χ0v) is 11.3. The van der Waals surface area contributed by atoms with Crippen molar-refractivity contribution in [1.82, 2.24) is 4.40 Å². The van der Waals surface area contributed by atoms with E-state index in [1.54, 1.807) is 0 Å². The number of aromatic nitrogens is 1. The van der Waals surface area contributed by atoms with Crippen molar-refractivity contribution in [2.75, 3.05) is 18.0 Å². The van der Waals surface area contributed by atoms with Gasteiger partial charge in [0.25, 0.3) is 0 Å². The smallest absolute Gasteiger partial charge is 0.0696 e. The Bertz CT molecular complexity index is 748. The molecule has 0 N–H and O–H groups in total. The largest absolute Gasteiger partial charge is 0.370 e. The van der Waals surface area contributed by atoms with E-state index in [4.69, 9.17) is 0 Å². The summed E-state index contributed by atoms with van der Waals surface area (Å²) in [6.45, 7) is 4.58. The van der Waals surface area contributed by atoms with Crippen LogP contribution in [0.1, 0.15) is 18.4 Å². The van der Waals surface area contributed by atoms with Gasteiger partial charge in [-0.2, -0.15) is 0 Å². The van der Waals surface area contributed by atoms with Gasteiger partial charge in [-0.3, -0.25) is 0 Å². The molecule has 1 aliphatic heterocycles. The van der Waals surface area contributed by atoms with E-state index in [9.17, 15) is 0 Å². The maximum atomic E-state index is 2.53. The molecular formula is C17H18N2. The lowest BCUT2D eigenvalue weighted by Gasteiger charge is -2.19. The first-order valence-electron chi connectivity index (χ1n) is 7.08. The number of para-hydroxylation sites is 1. The van der Waals surface area contributed by atoms with Crippen LogP contribution in [-0.2, 0) is 0 Å². The topological polar surface area (TPSA) is 7.65 Å². The molecule has 1 saturated heterocycles. The van der Waals surface area contributed by atoms with Gasteiger partial charge in [0, 0.05) is 24.7 Å². The fourth-order valence-electron chi connectivity index (χ4n) is 3.25. The van der Waals surface area contributed by atoms with Crippen molar-refractivity contribution in [3.05, 3.63) is 48.2 Å². The van der Waals surface area contributed by atoms with Crippen LogP contribution < -0.4 is 4.90 Å². The van der Waals surface area contributed by atoms with Gasteiger partial charge in [-0.1, -0.05) is 18.2 Å². The first-order chi connectivity index (χ1) is 9.33. The summed E-state index contributed by atoms with van der Waals surface area (Å²) in [5.74, 6) is 0. The summed E-state index contributed by atoms with van der Waals surface area (Å²) in [6.07, 6.45) is 4.89. The highest BCUT2D eigenvalue weighted by Crippen LogP contribution is 2.31. The highest BCUT2D eigenvalue weighted by atomic mass is 15.2. The number of nitrogens with zero attached hydrogens (tertiary/aromatic N) is 2. The maximum absolute atomic E-state index is 2.53. The SMILES string of the molecule is Cc1cc(N2CCCC2)c2cc3ccccc3n2c1. The van der Waals surface area contributed by atoms with Gasteiger partial charge >= 0.3 is 0 Å². The van der Waals surface area contributed by atoms with Crippen molar-refractivity contribution in [3.8, 4) is 0 Å². The lowest BCUT2D eigenvalue weighted by Crippen LogP contribution is -2.18. The molecule has 0 atom stereocenters. The molecule has 0 radical (unpaired) electrons. The molecule has 0 spiro atoms. The van der Waals surface area contributed by atoms with Crippen molar-refractivity contribution >= 4 is 22.1 Å². The molecule has 1 aliphatic rings. The third kappa shape index (κ3) is 1.63. The van der Waals surface area contributed by atoms with Crippen molar-refractivity contribution in [1.29, 1.82) is 0 Å². The van der Waals surface area contributed by atoms with Crippen LogP contribution in [-0.4, -0.2) is 17.5 Å². The summed E-state index contributed by atoms with van der Waals surface area (Å²) < 4.78 is 2.35. The van der Waals surface area contributed by atoms with E-state index in [2.05, 4.69) is 58.8 Å². The van der Waals surface area contributed by atoms with E-state index in [0.29, 0.717) is 0 Å². The molecule has 3 heterocycles. The van der Waals surface area contributed by atoms with E-state index >= 15 is 0 Å². The monoisotopic (exact) mass is 250 g/mol. The molecule has 0 saturated carbocycles. The number of fused-ring (bicyclic) bond motifs is 3. The number of anilines is 1. The average Bonchev–Trinajstić information content (AvgIpc) is 3.05. The maximum Gasteiger partial charge on any atom is 0.0696 e. The lowest BCUT2D eigenvalue weighted by molar-refractivity contribution is 0.949. The molecule has 1 fully saturated rings. The second kappa shape index (κ2) is 4.02. The number of hydrogen-bond donors (Lipinski definition) is 0. The fraction of sp³-hybridized carbons (Fsp3) is 0.294. The summed E-state index contributed by atoms with van der Waals surface area (Å²) in [5.41, 5.74) is 5.37. The summed E-state index contributed by atoms with van der Waals surface area (Å²) in [4.78, 5) is 2.53. The summed E-state index contributed by atoms with van der Waals surface area (Å²) in [6, 6.07) is 13.3. The minimum absolute atomic E-state index is 1.20. The van der Waals surface area contributed by atoms with Gasteiger partial charge in [-0.25, -0.2) is 0 Å². The van der Waals surface area contributed by atoms with Gasteiger partial charge in [0.2, 0.25) is 0 Å².